The molecule has 0 saturated carbocycles. The van der Waals surface area contributed by atoms with E-state index >= 15 is 0 Å². The molecule has 3 N–H and O–H groups in total. The van der Waals surface area contributed by atoms with Gasteiger partial charge in [0.05, 0.1) is 11.3 Å². The molecule has 0 radical (unpaired) electrons. The molecule has 1 unspecified atom stereocenters. The number of hydrogen-bond donors (Lipinski definition) is 2. The molecule has 0 fully saturated rings. The third-order valence-corrected chi connectivity index (χ3v) is 3.91. The summed E-state index contributed by atoms with van der Waals surface area (Å²) in [7, 11) is 0. The first kappa shape index (κ1) is 17.7. The van der Waals surface area contributed by atoms with Crippen molar-refractivity contribution in [3.05, 3.63) is 23.8 Å². The van der Waals surface area contributed by atoms with E-state index in [1.54, 1.807) is 0 Å². The van der Waals surface area contributed by atoms with E-state index in [1.807, 2.05) is 13.8 Å². The minimum absolute atomic E-state index is 0.0317. The Kier molecular flexibility index (Phi) is 6.39. The van der Waals surface area contributed by atoms with E-state index in [0.717, 1.165) is 36.7 Å². The maximum atomic E-state index is 12.5. The van der Waals surface area contributed by atoms with Crippen LogP contribution in [-0.4, -0.2) is 17.7 Å². The number of thioether (sulfide) groups is 1. The quantitative estimate of drug-likeness (QED) is 0.621. The Hall–Kier alpha value is -1.37. The lowest BCUT2D eigenvalue weighted by Gasteiger charge is -2.13. The predicted molar refractivity (Wildman–Crippen MR) is 79.1 cm³/mol. The van der Waals surface area contributed by atoms with Crippen molar-refractivity contribution in [2.45, 2.75) is 43.8 Å². The first-order valence-corrected chi connectivity index (χ1v) is 7.61. The van der Waals surface area contributed by atoms with Crippen LogP contribution in [0.2, 0.25) is 0 Å². The number of anilines is 1. The standard InChI is InChI=1S/C14H19F3N2OS/c1-3-4-9(2)19-13(20)8-21-12-6-5-10(7-11(12)18)14(15,16)17/h5-7,9H,3-4,8,18H2,1-2H3,(H,19,20). The van der Waals surface area contributed by atoms with Gasteiger partial charge in [-0.3, -0.25) is 4.79 Å². The Balaban J connectivity index is 2.58. The number of hydrogen-bond acceptors (Lipinski definition) is 3. The Morgan fingerprint density at radius 3 is 2.62 bits per heavy atom. The van der Waals surface area contributed by atoms with Gasteiger partial charge in [0.25, 0.3) is 0 Å². The van der Waals surface area contributed by atoms with Crippen LogP contribution in [0, 0.1) is 0 Å². The molecule has 0 aromatic heterocycles. The Bertz CT molecular complexity index is 492. The molecule has 0 saturated heterocycles. The Morgan fingerprint density at radius 2 is 2.10 bits per heavy atom. The molecule has 118 valence electrons. The lowest BCUT2D eigenvalue weighted by Crippen LogP contribution is -2.33. The number of benzene rings is 1. The van der Waals surface area contributed by atoms with Crippen LogP contribution in [0.3, 0.4) is 0 Å². The van der Waals surface area contributed by atoms with Crippen LogP contribution in [0.5, 0.6) is 0 Å². The maximum absolute atomic E-state index is 12.5. The van der Waals surface area contributed by atoms with Crippen LogP contribution in [-0.2, 0) is 11.0 Å². The second-order valence-corrected chi connectivity index (χ2v) is 5.81. The minimum Gasteiger partial charge on any atom is -0.398 e. The summed E-state index contributed by atoms with van der Waals surface area (Å²) in [5, 5.41) is 2.83. The van der Waals surface area contributed by atoms with Crippen molar-refractivity contribution in [1.29, 1.82) is 0 Å². The van der Waals surface area contributed by atoms with Gasteiger partial charge >= 0.3 is 6.18 Å². The van der Waals surface area contributed by atoms with E-state index in [2.05, 4.69) is 5.32 Å². The molecule has 1 aromatic rings. The molecule has 0 aliphatic heterocycles. The summed E-state index contributed by atoms with van der Waals surface area (Å²) < 4.78 is 37.5. The van der Waals surface area contributed by atoms with E-state index < -0.39 is 11.7 Å². The van der Waals surface area contributed by atoms with E-state index in [4.69, 9.17) is 5.73 Å². The molecule has 7 heteroatoms. The van der Waals surface area contributed by atoms with Crippen molar-refractivity contribution < 1.29 is 18.0 Å². The largest absolute Gasteiger partial charge is 0.416 e. The average molecular weight is 320 g/mol. The molecule has 0 aliphatic carbocycles. The van der Waals surface area contributed by atoms with Crippen molar-refractivity contribution in [3.8, 4) is 0 Å². The van der Waals surface area contributed by atoms with Crippen molar-refractivity contribution in [2.75, 3.05) is 11.5 Å². The monoisotopic (exact) mass is 320 g/mol. The Morgan fingerprint density at radius 1 is 1.43 bits per heavy atom. The van der Waals surface area contributed by atoms with Gasteiger partial charge in [-0.1, -0.05) is 13.3 Å². The third kappa shape index (κ3) is 5.87. The van der Waals surface area contributed by atoms with E-state index in [0.29, 0.717) is 4.90 Å². The third-order valence-electron chi connectivity index (χ3n) is 2.82. The van der Waals surface area contributed by atoms with Crippen LogP contribution in [0.15, 0.2) is 23.1 Å². The molecule has 1 aromatic carbocycles. The summed E-state index contributed by atoms with van der Waals surface area (Å²) >= 11 is 1.13. The number of halogens is 3. The Labute approximate surface area is 126 Å². The van der Waals surface area contributed by atoms with Gasteiger partial charge in [-0.2, -0.15) is 13.2 Å². The molecule has 0 bridgehead atoms. The van der Waals surface area contributed by atoms with Crippen molar-refractivity contribution in [1.82, 2.24) is 5.32 Å². The summed E-state index contributed by atoms with van der Waals surface area (Å²) in [5.74, 6) is -0.0240. The second-order valence-electron chi connectivity index (χ2n) is 4.80. The fourth-order valence-electron chi connectivity index (χ4n) is 1.82. The summed E-state index contributed by atoms with van der Waals surface area (Å²) in [4.78, 5) is 12.2. The number of alkyl halides is 3. The van der Waals surface area contributed by atoms with E-state index in [9.17, 15) is 18.0 Å². The van der Waals surface area contributed by atoms with E-state index in [-0.39, 0.29) is 23.4 Å². The predicted octanol–water partition coefficient (Wildman–Crippen LogP) is 3.68. The molecule has 1 atom stereocenters. The summed E-state index contributed by atoms with van der Waals surface area (Å²) in [6.07, 6.45) is -2.55. The van der Waals surface area contributed by atoms with Crippen LogP contribution in [0.4, 0.5) is 18.9 Å². The zero-order valence-corrected chi connectivity index (χ0v) is 12.8. The molecule has 3 nitrogen and oxygen atoms in total. The number of nitrogens with one attached hydrogen (secondary N) is 1. The number of carbonyl (C=O) groups is 1. The average Bonchev–Trinajstić information content (AvgIpc) is 2.36. The van der Waals surface area contributed by atoms with Crippen LogP contribution in [0.1, 0.15) is 32.3 Å². The van der Waals surface area contributed by atoms with Gasteiger partial charge < -0.3 is 11.1 Å². The molecule has 1 rings (SSSR count). The topological polar surface area (TPSA) is 55.1 Å². The molecule has 21 heavy (non-hydrogen) atoms. The number of nitrogens with two attached hydrogens (primary N) is 1. The molecule has 0 heterocycles. The fourth-order valence-corrected chi connectivity index (χ4v) is 2.58. The van der Waals surface area contributed by atoms with Gasteiger partial charge in [-0.05, 0) is 31.5 Å². The first-order valence-electron chi connectivity index (χ1n) is 6.63. The van der Waals surface area contributed by atoms with Gasteiger partial charge in [0.1, 0.15) is 0 Å². The van der Waals surface area contributed by atoms with Gasteiger partial charge in [-0.25, -0.2) is 0 Å². The lowest BCUT2D eigenvalue weighted by atomic mass is 10.2. The smallest absolute Gasteiger partial charge is 0.398 e. The lowest BCUT2D eigenvalue weighted by molar-refractivity contribution is -0.137. The molecule has 1 amide bonds. The summed E-state index contributed by atoms with van der Waals surface area (Å²) in [6, 6.07) is 3.25. The number of nitrogen functional groups attached to an aromatic ring is 1. The summed E-state index contributed by atoms with van der Waals surface area (Å²) in [6.45, 7) is 3.94. The van der Waals surface area contributed by atoms with Crippen LogP contribution in [0.25, 0.3) is 0 Å². The van der Waals surface area contributed by atoms with Crippen LogP contribution >= 0.6 is 11.8 Å². The number of amides is 1. The highest BCUT2D eigenvalue weighted by Crippen LogP contribution is 2.34. The minimum atomic E-state index is -4.41. The van der Waals surface area contributed by atoms with Crippen LogP contribution < -0.4 is 11.1 Å². The zero-order valence-electron chi connectivity index (χ0n) is 12.0. The first-order chi connectivity index (χ1) is 9.74. The highest BCUT2D eigenvalue weighted by molar-refractivity contribution is 8.00. The molecule has 0 spiro atoms. The normalized spacial score (nSPS) is 13.0. The SMILES string of the molecule is CCCC(C)NC(=O)CSc1ccc(C(F)(F)F)cc1N. The van der Waals surface area contributed by atoms with Crippen molar-refractivity contribution >= 4 is 23.4 Å². The molecular formula is C14H19F3N2OS. The second kappa shape index (κ2) is 7.59. The van der Waals surface area contributed by atoms with Gasteiger partial charge in [0.15, 0.2) is 0 Å². The molecular weight excluding hydrogens is 301 g/mol. The molecule has 0 aliphatic rings. The van der Waals surface area contributed by atoms with Crippen molar-refractivity contribution in [2.24, 2.45) is 0 Å². The van der Waals surface area contributed by atoms with Gasteiger partial charge in [-0.15, -0.1) is 11.8 Å². The summed E-state index contributed by atoms with van der Waals surface area (Å²) in [5.41, 5.74) is 4.85. The maximum Gasteiger partial charge on any atom is 0.416 e. The van der Waals surface area contributed by atoms with Gasteiger partial charge in [0.2, 0.25) is 5.91 Å². The zero-order chi connectivity index (χ0) is 16.0. The highest BCUT2D eigenvalue weighted by Gasteiger charge is 2.30. The van der Waals surface area contributed by atoms with Crippen molar-refractivity contribution in [3.63, 3.8) is 0 Å². The van der Waals surface area contributed by atoms with E-state index in [1.165, 1.54) is 6.07 Å². The highest BCUT2D eigenvalue weighted by atomic mass is 32.2. The fraction of sp³-hybridized carbons (Fsp3) is 0.500. The number of rotatable bonds is 6. The van der Waals surface area contributed by atoms with Gasteiger partial charge in [0, 0.05) is 16.6 Å². The number of carbonyl (C=O) groups excluding carboxylic acids is 1.